The average Bonchev–Trinajstić information content (AvgIpc) is 2.49. The molecule has 3 rings (SSSR count). The number of carbonyl (C=O) groups excluding carboxylic acids is 1. The average molecular weight is 411 g/mol. The van der Waals surface area contributed by atoms with Gasteiger partial charge in [0.1, 0.15) is 5.69 Å². The molecule has 0 unspecified atom stereocenters. The van der Waals surface area contributed by atoms with Crippen LogP contribution in [0.3, 0.4) is 0 Å². The summed E-state index contributed by atoms with van der Waals surface area (Å²) in [5, 5.41) is 3.43. The Bertz CT molecular complexity index is 482. The van der Waals surface area contributed by atoms with E-state index in [0.29, 0.717) is 11.1 Å². The Balaban J connectivity index is 0.00000121. The van der Waals surface area contributed by atoms with Gasteiger partial charge in [0, 0.05) is 23.8 Å². The zero-order valence-corrected chi connectivity index (χ0v) is 15.6. The molecule has 22 heavy (non-hydrogen) atoms. The van der Waals surface area contributed by atoms with Crippen molar-refractivity contribution in [2.45, 2.75) is 25.7 Å². The second-order valence-electron chi connectivity index (χ2n) is 5.90. The summed E-state index contributed by atoms with van der Waals surface area (Å²) in [5.74, 6) is 0.0706. The Kier molecular flexibility index (Phi) is 7.59. The molecule has 7 heteroatoms. The number of piperidine rings is 2. The van der Waals surface area contributed by atoms with Crippen LogP contribution in [0, 0.1) is 5.41 Å². The van der Waals surface area contributed by atoms with Gasteiger partial charge in [0.15, 0.2) is 0 Å². The van der Waals surface area contributed by atoms with Crippen molar-refractivity contribution in [2.75, 3.05) is 26.2 Å². The molecule has 2 saturated heterocycles. The summed E-state index contributed by atoms with van der Waals surface area (Å²) in [5.41, 5.74) is 1.03. The predicted molar refractivity (Wildman–Crippen MR) is 96.1 cm³/mol. The van der Waals surface area contributed by atoms with E-state index in [1.165, 1.54) is 12.8 Å². The quantitative estimate of drug-likeness (QED) is 0.772. The minimum absolute atomic E-state index is 0. The normalized spacial score (nSPS) is 20.0. The first-order valence-electron chi connectivity index (χ1n) is 7.30. The molecule has 1 aromatic heterocycles. The molecule has 2 aliphatic rings. The number of amides is 1. The van der Waals surface area contributed by atoms with Gasteiger partial charge in [0.05, 0.1) is 0 Å². The number of carbonyl (C=O) groups is 1. The lowest BCUT2D eigenvalue weighted by molar-refractivity contribution is 0.0491. The SMILES string of the molecule is Cl.Cl.O=C(c1ccc(Br)cn1)N1CCC2(CCNCC2)CC1. The van der Waals surface area contributed by atoms with Crippen molar-refractivity contribution in [1.29, 1.82) is 0 Å². The summed E-state index contributed by atoms with van der Waals surface area (Å²) in [4.78, 5) is 18.6. The second kappa shape index (κ2) is 8.48. The maximum Gasteiger partial charge on any atom is 0.272 e. The summed E-state index contributed by atoms with van der Waals surface area (Å²) >= 11 is 3.35. The molecule has 0 bridgehead atoms. The van der Waals surface area contributed by atoms with Gasteiger partial charge in [-0.1, -0.05) is 0 Å². The predicted octanol–water partition coefficient (Wildman–Crippen LogP) is 3.29. The fourth-order valence-corrected chi connectivity index (χ4v) is 3.54. The van der Waals surface area contributed by atoms with E-state index in [1.807, 2.05) is 11.0 Å². The summed E-state index contributed by atoms with van der Waals surface area (Å²) < 4.78 is 0.904. The van der Waals surface area contributed by atoms with Crippen molar-refractivity contribution in [3.63, 3.8) is 0 Å². The van der Waals surface area contributed by atoms with Crippen LogP contribution >= 0.6 is 40.7 Å². The Labute approximate surface area is 152 Å². The fourth-order valence-electron chi connectivity index (χ4n) is 3.31. The number of rotatable bonds is 1. The van der Waals surface area contributed by atoms with Gasteiger partial charge in [-0.25, -0.2) is 4.98 Å². The maximum absolute atomic E-state index is 12.4. The molecule has 1 N–H and O–H groups in total. The highest BCUT2D eigenvalue weighted by atomic mass is 79.9. The molecule has 0 saturated carbocycles. The van der Waals surface area contributed by atoms with E-state index in [9.17, 15) is 4.79 Å². The largest absolute Gasteiger partial charge is 0.337 e. The number of hydrogen-bond acceptors (Lipinski definition) is 3. The summed E-state index contributed by atoms with van der Waals surface area (Å²) in [7, 11) is 0. The molecule has 3 heterocycles. The van der Waals surface area contributed by atoms with E-state index in [2.05, 4.69) is 26.2 Å². The molecule has 0 radical (unpaired) electrons. The highest BCUT2D eigenvalue weighted by Gasteiger charge is 2.36. The van der Waals surface area contributed by atoms with Crippen molar-refractivity contribution in [2.24, 2.45) is 5.41 Å². The first-order chi connectivity index (χ1) is 9.69. The van der Waals surface area contributed by atoms with E-state index in [-0.39, 0.29) is 30.7 Å². The first-order valence-corrected chi connectivity index (χ1v) is 8.09. The highest BCUT2D eigenvalue weighted by molar-refractivity contribution is 9.10. The highest BCUT2D eigenvalue weighted by Crippen LogP contribution is 2.39. The Morgan fingerprint density at radius 1 is 1.14 bits per heavy atom. The molecule has 4 nitrogen and oxygen atoms in total. The number of hydrogen-bond donors (Lipinski definition) is 1. The second-order valence-corrected chi connectivity index (χ2v) is 6.82. The monoisotopic (exact) mass is 409 g/mol. The Morgan fingerprint density at radius 3 is 2.32 bits per heavy atom. The van der Waals surface area contributed by atoms with E-state index in [4.69, 9.17) is 0 Å². The van der Waals surface area contributed by atoms with Crippen molar-refractivity contribution >= 4 is 46.7 Å². The number of aromatic nitrogens is 1. The molecule has 1 spiro atoms. The molecule has 0 atom stereocenters. The molecule has 124 valence electrons. The standard InChI is InChI=1S/C15H20BrN3O.2ClH/c16-12-1-2-13(18-11-12)14(20)19-9-5-15(6-10-19)3-7-17-8-4-15;;/h1-2,11,17H,3-10H2;2*1H. The van der Waals surface area contributed by atoms with E-state index < -0.39 is 0 Å². The third-order valence-corrected chi connectivity index (χ3v) is 5.19. The lowest BCUT2D eigenvalue weighted by atomic mass is 9.71. The van der Waals surface area contributed by atoms with Crippen molar-refractivity contribution < 1.29 is 4.79 Å². The van der Waals surface area contributed by atoms with Crippen molar-refractivity contribution in [3.05, 3.63) is 28.5 Å². The van der Waals surface area contributed by atoms with Gasteiger partial charge >= 0.3 is 0 Å². The Hall–Kier alpha value is -0.360. The van der Waals surface area contributed by atoms with Crippen LogP contribution in [0.15, 0.2) is 22.8 Å². The topological polar surface area (TPSA) is 45.2 Å². The minimum Gasteiger partial charge on any atom is -0.337 e. The summed E-state index contributed by atoms with van der Waals surface area (Å²) in [6, 6.07) is 3.67. The molecule has 2 fully saturated rings. The van der Waals surface area contributed by atoms with Crippen LogP contribution in [-0.4, -0.2) is 42.0 Å². The fraction of sp³-hybridized carbons (Fsp3) is 0.600. The van der Waals surface area contributed by atoms with Crippen LogP contribution in [0.25, 0.3) is 0 Å². The smallest absolute Gasteiger partial charge is 0.272 e. The van der Waals surface area contributed by atoms with E-state index in [1.54, 1.807) is 12.3 Å². The Morgan fingerprint density at radius 2 is 1.77 bits per heavy atom. The zero-order chi connectivity index (χ0) is 14.0. The molecular weight excluding hydrogens is 389 g/mol. The third-order valence-electron chi connectivity index (χ3n) is 4.72. The van der Waals surface area contributed by atoms with Crippen molar-refractivity contribution in [1.82, 2.24) is 15.2 Å². The molecule has 0 aromatic carbocycles. The molecular formula is C15H22BrCl2N3O. The molecule has 1 aromatic rings. The van der Waals surface area contributed by atoms with Crippen LogP contribution in [-0.2, 0) is 0 Å². The molecule has 1 amide bonds. The van der Waals surface area contributed by atoms with Gasteiger partial charge < -0.3 is 10.2 Å². The van der Waals surface area contributed by atoms with Crippen molar-refractivity contribution in [3.8, 4) is 0 Å². The van der Waals surface area contributed by atoms with Gasteiger partial charge in [-0.2, -0.15) is 0 Å². The number of nitrogens with zero attached hydrogens (tertiary/aromatic N) is 2. The zero-order valence-electron chi connectivity index (χ0n) is 12.4. The van der Waals surface area contributed by atoms with Crippen LogP contribution in [0.2, 0.25) is 0 Å². The van der Waals surface area contributed by atoms with Crippen LogP contribution in [0.1, 0.15) is 36.2 Å². The number of pyridine rings is 1. The molecule has 0 aliphatic carbocycles. The number of halogens is 3. The maximum atomic E-state index is 12.4. The molecule has 2 aliphatic heterocycles. The minimum atomic E-state index is 0. The van der Waals surface area contributed by atoms with Gasteiger partial charge in [-0.15, -0.1) is 24.8 Å². The lowest BCUT2D eigenvalue weighted by Crippen LogP contribution is -2.47. The third kappa shape index (κ3) is 4.34. The van der Waals surface area contributed by atoms with Gasteiger partial charge in [0.2, 0.25) is 0 Å². The summed E-state index contributed by atoms with van der Waals surface area (Å²) in [6.45, 7) is 4.00. The van der Waals surface area contributed by atoms with Crippen LogP contribution in [0.5, 0.6) is 0 Å². The van der Waals surface area contributed by atoms with Gasteiger partial charge in [-0.3, -0.25) is 4.79 Å². The van der Waals surface area contributed by atoms with E-state index >= 15 is 0 Å². The van der Waals surface area contributed by atoms with Gasteiger partial charge in [-0.05, 0) is 72.3 Å². The van der Waals surface area contributed by atoms with Crippen LogP contribution < -0.4 is 5.32 Å². The summed E-state index contributed by atoms with van der Waals surface area (Å²) in [6.07, 6.45) is 6.47. The number of nitrogens with one attached hydrogen (secondary N) is 1. The lowest BCUT2D eigenvalue weighted by Gasteiger charge is -2.44. The van der Waals surface area contributed by atoms with E-state index in [0.717, 1.165) is 43.5 Å². The van der Waals surface area contributed by atoms with Crippen LogP contribution in [0.4, 0.5) is 0 Å². The first kappa shape index (κ1) is 19.7. The van der Waals surface area contributed by atoms with Gasteiger partial charge in [0.25, 0.3) is 5.91 Å². The number of likely N-dealkylation sites (tertiary alicyclic amines) is 1.